The summed E-state index contributed by atoms with van der Waals surface area (Å²) < 4.78 is 3.18. The van der Waals surface area contributed by atoms with Crippen molar-refractivity contribution in [2.45, 2.75) is 13.5 Å². The standard InChI is InChI=1S/C16H15ClN4O/c1-11-7-15(13-8-18-20(2)10-13)19-21(16(11)22)9-12-3-5-14(17)6-4-12/h3-8,10H,9H2,1-2H3. The van der Waals surface area contributed by atoms with E-state index in [1.165, 1.54) is 4.68 Å². The number of aromatic nitrogens is 4. The van der Waals surface area contributed by atoms with Gasteiger partial charge in [0.25, 0.3) is 5.56 Å². The number of nitrogens with zero attached hydrogens (tertiary/aromatic N) is 4. The molecular weight excluding hydrogens is 300 g/mol. The van der Waals surface area contributed by atoms with Gasteiger partial charge < -0.3 is 0 Å². The largest absolute Gasteiger partial charge is 0.275 e. The summed E-state index contributed by atoms with van der Waals surface area (Å²) in [4.78, 5) is 12.3. The lowest BCUT2D eigenvalue weighted by Gasteiger charge is -2.08. The number of rotatable bonds is 3. The molecule has 0 fully saturated rings. The number of benzene rings is 1. The number of hydrogen-bond acceptors (Lipinski definition) is 3. The molecule has 0 saturated carbocycles. The van der Waals surface area contributed by atoms with E-state index in [0.29, 0.717) is 17.1 Å². The summed E-state index contributed by atoms with van der Waals surface area (Å²) in [6.45, 7) is 2.20. The van der Waals surface area contributed by atoms with Crippen LogP contribution in [0.1, 0.15) is 11.1 Å². The molecule has 0 atom stereocenters. The highest BCUT2D eigenvalue weighted by atomic mass is 35.5. The Kier molecular flexibility index (Phi) is 3.81. The van der Waals surface area contributed by atoms with E-state index in [9.17, 15) is 4.79 Å². The predicted octanol–water partition coefficient (Wildman–Crippen LogP) is 2.65. The summed E-state index contributed by atoms with van der Waals surface area (Å²) in [7, 11) is 1.85. The highest BCUT2D eigenvalue weighted by molar-refractivity contribution is 6.30. The van der Waals surface area contributed by atoms with Crippen LogP contribution in [0.3, 0.4) is 0 Å². The Bertz CT molecular complexity index is 865. The third-order valence-electron chi connectivity index (χ3n) is 3.40. The van der Waals surface area contributed by atoms with Crippen molar-refractivity contribution in [2.24, 2.45) is 7.05 Å². The minimum absolute atomic E-state index is 0.0948. The van der Waals surface area contributed by atoms with Crippen LogP contribution in [0.5, 0.6) is 0 Å². The molecule has 0 radical (unpaired) electrons. The van der Waals surface area contributed by atoms with Crippen molar-refractivity contribution in [1.82, 2.24) is 19.6 Å². The summed E-state index contributed by atoms with van der Waals surface area (Å²) in [5.41, 5.74) is 3.15. The lowest BCUT2D eigenvalue weighted by molar-refractivity contribution is 0.637. The van der Waals surface area contributed by atoms with Crippen molar-refractivity contribution >= 4 is 11.6 Å². The molecule has 0 aliphatic carbocycles. The molecule has 2 heterocycles. The van der Waals surface area contributed by atoms with Gasteiger partial charge in [0.1, 0.15) is 0 Å². The van der Waals surface area contributed by atoms with Gasteiger partial charge in [0, 0.05) is 29.4 Å². The van der Waals surface area contributed by atoms with Crippen molar-refractivity contribution in [3.63, 3.8) is 0 Å². The fourth-order valence-electron chi connectivity index (χ4n) is 2.24. The van der Waals surface area contributed by atoms with E-state index in [1.807, 2.05) is 25.4 Å². The van der Waals surface area contributed by atoms with Crippen LogP contribution in [-0.4, -0.2) is 19.6 Å². The number of halogens is 1. The first kappa shape index (κ1) is 14.5. The van der Waals surface area contributed by atoms with Crippen LogP contribution >= 0.6 is 11.6 Å². The van der Waals surface area contributed by atoms with Gasteiger partial charge in [-0.3, -0.25) is 9.48 Å². The highest BCUT2D eigenvalue weighted by Gasteiger charge is 2.09. The Morgan fingerprint density at radius 2 is 1.95 bits per heavy atom. The molecule has 0 spiro atoms. The summed E-state index contributed by atoms with van der Waals surface area (Å²) in [5.74, 6) is 0. The van der Waals surface area contributed by atoms with Gasteiger partial charge in [-0.1, -0.05) is 23.7 Å². The Balaban J connectivity index is 2.01. The van der Waals surface area contributed by atoms with Crippen LogP contribution in [0, 0.1) is 6.92 Å². The quantitative estimate of drug-likeness (QED) is 0.747. The van der Waals surface area contributed by atoms with Gasteiger partial charge >= 0.3 is 0 Å². The van der Waals surface area contributed by atoms with Crippen molar-refractivity contribution in [3.8, 4) is 11.3 Å². The normalized spacial score (nSPS) is 10.9. The second-order valence-corrected chi connectivity index (χ2v) is 5.64. The summed E-state index contributed by atoms with van der Waals surface area (Å²) in [5, 5.41) is 9.27. The molecule has 3 aromatic rings. The van der Waals surface area contributed by atoms with Crippen LogP contribution in [-0.2, 0) is 13.6 Å². The van der Waals surface area contributed by atoms with Crippen LogP contribution in [0.2, 0.25) is 5.02 Å². The van der Waals surface area contributed by atoms with Crippen molar-refractivity contribution < 1.29 is 0 Å². The molecule has 1 aromatic carbocycles. The lowest BCUT2D eigenvalue weighted by Crippen LogP contribution is -2.25. The van der Waals surface area contributed by atoms with E-state index in [2.05, 4.69) is 10.2 Å². The van der Waals surface area contributed by atoms with Crippen LogP contribution in [0.15, 0.2) is 47.5 Å². The summed E-state index contributed by atoms with van der Waals surface area (Å²) in [6.07, 6.45) is 3.61. The molecule has 0 unspecified atom stereocenters. The second-order valence-electron chi connectivity index (χ2n) is 5.20. The van der Waals surface area contributed by atoms with Gasteiger partial charge in [-0.05, 0) is 30.7 Å². The maximum atomic E-state index is 12.3. The maximum Gasteiger partial charge on any atom is 0.270 e. The lowest BCUT2D eigenvalue weighted by atomic mass is 10.2. The molecule has 0 N–H and O–H groups in total. The van der Waals surface area contributed by atoms with E-state index >= 15 is 0 Å². The second kappa shape index (κ2) is 5.77. The Morgan fingerprint density at radius 1 is 1.23 bits per heavy atom. The third kappa shape index (κ3) is 2.94. The summed E-state index contributed by atoms with van der Waals surface area (Å²) in [6, 6.07) is 9.18. The van der Waals surface area contributed by atoms with Gasteiger partial charge in [-0.15, -0.1) is 0 Å². The fourth-order valence-corrected chi connectivity index (χ4v) is 2.37. The zero-order valence-corrected chi connectivity index (χ0v) is 13.1. The van der Waals surface area contributed by atoms with E-state index in [0.717, 1.165) is 16.8 Å². The van der Waals surface area contributed by atoms with E-state index in [1.54, 1.807) is 36.0 Å². The van der Waals surface area contributed by atoms with E-state index in [-0.39, 0.29) is 5.56 Å². The van der Waals surface area contributed by atoms with E-state index < -0.39 is 0 Å². The molecule has 0 amide bonds. The van der Waals surface area contributed by atoms with Crippen molar-refractivity contribution in [2.75, 3.05) is 0 Å². The van der Waals surface area contributed by atoms with Crippen LogP contribution in [0.4, 0.5) is 0 Å². The average Bonchev–Trinajstić information content (AvgIpc) is 2.92. The molecule has 3 rings (SSSR count). The Hall–Kier alpha value is -2.40. The molecule has 0 aliphatic rings. The molecule has 0 saturated heterocycles. The molecule has 2 aromatic heterocycles. The molecule has 0 aliphatic heterocycles. The zero-order valence-electron chi connectivity index (χ0n) is 12.3. The molecule has 0 bridgehead atoms. The molecule has 6 heteroatoms. The van der Waals surface area contributed by atoms with Crippen LogP contribution < -0.4 is 5.56 Å². The zero-order chi connectivity index (χ0) is 15.7. The topological polar surface area (TPSA) is 52.7 Å². The average molecular weight is 315 g/mol. The molecule has 5 nitrogen and oxygen atoms in total. The maximum absolute atomic E-state index is 12.3. The first-order chi connectivity index (χ1) is 10.5. The first-order valence-electron chi connectivity index (χ1n) is 6.85. The van der Waals surface area contributed by atoms with Crippen molar-refractivity contribution in [1.29, 1.82) is 0 Å². The first-order valence-corrected chi connectivity index (χ1v) is 7.23. The fraction of sp³-hybridized carbons (Fsp3) is 0.188. The van der Waals surface area contributed by atoms with Gasteiger partial charge in [0.2, 0.25) is 0 Å². The van der Waals surface area contributed by atoms with Crippen molar-refractivity contribution in [3.05, 3.63) is 69.2 Å². The predicted molar refractivity (Wildman–Crippen MR) is 86.0 cm³/mol. The van der Waals surface area contributed by atoms with Crippen LogP contribution in [0.25, 0.3) is 11.3 Å². The smallest absolute Gasteiger partial charge is 0.270 e. The van der Waals surface area contributed by atoms with E-state index in [4.69, 9.17) is 11.6 Å². The monoisotopic (exact) mass is 314 g/mol. The number of hydrogen-bond donors (Lipinski definition) is 0. The summed E-state index contributed by atoms with van der Waals surface area (Å²) >= 11 is 5.89. The minimum atomic E-state index is -0.0948. The minimum Gasteiger partial charge on any atom is -0.275 e. The third-order valence-corrected chi connectivity index (χ3v) is 3.65. The number of aryl methyl sites for hydroxylation is 2. The van der Waals surface area contributed by atoms with Gasteiger partial charge in [-0.2, -0.15) is 10.2 Å². The molecule has 22 heavy (non-hydrogen) atoms. The molecule has 112 valence electrons. The Morgan fingerprint density at radius 3 is 2.59 bits per heavy atom. The molecular formula is C16H15ClN4O. The van der Waals surface area contributed by atoms with Gasteiger partial charge in [-0.25, -0.2) is 4.68 Å². The highest BCUT2D eigenvalue weighted by Crippen LogP contribution is 2.15. The van der Waals surface area contributed by atoms with Gasteiger partial charge in [0.15, 0.2) is 0 Å². The van der Waals surface area contributed by atoms with Gasteiger partial charge in [0.05, 0.1) is 18.4 Å². The SMILES string of the molecule is Cc1cc(-c2cnn(C)c2)nn(Cc2ccc(Cl)cc2)c1=O. The Labute approximate surface area is 132 Å².